The van der Waals surface area contributed by atoms with Crippen LogP contribution in [-0.4, -0.2) is 29.2 Å². The number of hydrogen-bond donors (Lipinski definition) is 2. The van der Waals surface area contributed by atoms with E-state index in [1.807, 2.05) is 25.1 Å². The van der Waals surface area contributed by atoms with E-state index in [0.717, 1.165) is 5.56 Å². The van der Waals surface area contributed by atoms with E-state index in [0.29, 0.717) is 46.2 Å². The van der Waals surface area contributed by atoms with Gasteiger partial charge in [-0.05, 0) is 24.6 Å². The fourth-order valence-electron chi connectivity index (χ4n) is 2.51. The summed E-state index contributed by atoms with van der Waals surface area (Å²) in [5.41, 5.74) is 1.80. The first-order chi connectivity index (χ1) is 13.1. The number of aromatic nitrogens is 3. The third-order valence-electron chi connectivity index (χ3n) is 3.80. The molecule has 0 bridgehead atoms. The fourth-order valence-corrected chi connectivity index (χ4v) is 2.74. The number of nitrogens with one attached hydrogen (secondary N) is 2. The van der Waals surface area contributed by atoms with Crippen molar-refractivity contribution in [2.75, 3.05) is 24.9 Å². The summed E-state index contributed by atoms with van der Waals surface area (Å²) in [4.78, 5) is 12.9. The lowest BCUT2D eigenvalue weighted by atomic mass is 10.2. The molecule has 2 N–H and O–H groups in total. The largest absolute Gasteiger partial charge is 0.495 e. The quantitative estimate of drug-likeness (QED) is 0.630. The first kappa shape index (κ1) is 18.7. The lowest BCUT2D eigenvalue weighted by Gasteiger charge is -2.14. The molecule has 0 amide bonds. The number of rotatable bonds is 7. The maximum absolute atomic E-state index is 6.16. The molecule has 0 fully saturated rings. The summed E-state index contributed by atoms with van der Waals surface area (Å²) in [6.45, 7) is 2.47. The summed E-state index contributed by atoms with van der Waals surface area (Å²) in [6.07, 6.45) is 3.52. The Morgan fingerprint density at radius 3 is 2.37 bits per heavy atom. The van der Waals surface area contributed by atoms with Gasteiger partial charge in [-0.15, -0.1) is 0 Å². The maximum atomic E-state index is 6.16. The van der Waals surface area contributed by atoms with Gasteiger partial charge in [-0.1, -0.05) is 11.6 Å². The van der Waals surface area contributed by atoms with Crippen molar-refractivity contribution >= 4 is 28.9 Å². The van der Waals surface area contributed by atoms with Gasteiger partial charge < -0.3 is 20.1 Å². The van der Waals surface area contributed by atoms with Crippen LogP contribution in [0.1, 0.15) is 11.4 Å². The number of aryl methyl sites for hydroxylation is 1. The smallest absolute Gasteiger partial charge is 0.144 e. The van der Waals surface area contributed by atoms with E-state index in [4.69, 9.17) is 21.1 Å². The highest BCUT2D eigenvalue weighted by atomic mass is 35.5. The lowest BCUT2D eigenvalue weighted by Crippen LogP contribution is -2.05. The van der Waals surface area contributed by atoms with Crippen LogP contribution in [0.15, 0.2) is 42.7 Å². The van der Waals surface area contributed by atoms with Crippen molar-refractivity contribution in [1.29, 1.82) is 0 Å². The SMILES string of the molecule is COc1cc(Nc2cc(NCc3ccncc3)nc(C)n2)c(OC)cc1Cl. The molecule has 3 rings (SSSR count). The second kappa shape index (κ2) is 8.55. The van der Waals surface area contributed by atoms with Crippen molar-refractivity contribution in [3.05, 3.63) is 59.1 Å². The molecule has 2 aromatic heterocycles. The van der Waals surface area contributed by atoms with Gasteiger partial charge in [0.2, 0.25) is 0 Å². The Bertz CT molecular complexity index is 921. The zero-order chi connectivity index (χ0) is 19.2. The van der Waals surface area contributed by atoms with Gasteiger partial charge in [0.1, 0.15) is 29.0 Å². The van der Waals surface area contributed by atoms with Crippen LogP contribution in [0.4, 0.5) is 17.3 Å². The van der Waals surface area contributed by atoms with E-state index >= 15 is 0 Å². The van der Waals surface area contributed by atoms with Crippen LogP contribution in [0, 0.1) is 6.92 Å². The maximum Gasteiger partial charge on any atom is 0.144 e. The van der Waals surface area contributed by atoms with Crippen LogP contribution in [0.5, 0.6) is 11.5 Å². The third-order valence-corrected chi connectivity index (χ3v) is 4.09. The van der Waals surface area contributed by atoms with Gasteiger partial charge in [-0.3, -0.25) is 4.98 Å². The van der Waals surface area contributed by atoms with E-state index in [-0.39, 0.29) is 0 Å². The molecule has 140 valence electrons. The molecule has 0 saturated carbocycles. The Labute approximate surface area is 162 Å². The highest BCUT2D eigenvalue weighted by molar-refractivity contribution is 6.32. The summed E-state index contributed by atoms with van der Waals surface area (Å²) in [7, 11) is 3.14. The van der Waals surface area contributed by atoms with Gasteiger partial charge in [0.05, 0.1) is 24.9 Å². The molecule has 0 radical (unpaired) electrons. The minimum absolute atomic E-state index is 0.471. The van der Waals surface area contributed by atoms with Gasteiger partial charge in [0.25, 0.3) is 0 Å². The average Bonchev–Trinajstić information content (AvgIpc) is 2.68. The molecule has 27 heavy (non-hydrogen) atoms. The predicted octanol–water partition coefficient (Wildman–Crippen LogP) is 4.21. The standard InChI is InChI=1S/C19H20ClN5O2/c1-12-23-18(22-11-13-4-6-21-7-5-13)10-19(24-12)25-15-9-16(26-2)14(20)8-17(15)27-3/h4-10H,11H2,1-3H3,(H2,22,23,24,25). The Morgan fingerprint density at radius 2 is 1.67 bits per heavy atom. The van der Waals surface area contributed by atoms with E-state index in [2.05, 4.69) is 25.6 Å². The van der Waals surface area contributed by atoms with Gasteiger partial charge in [-0.25, -0.2) is 9.97 Å². The highest BCUT2D eigenvalue weighted by Crippen LogP contribution is 2.37. The summed E-state index contributed by atoms with van der Waals surface area (Å²) in [5, 5.41) is 7.00. The van der Waals surface area contributed by atoms with Crippen LogP contribution in [-0.2, 0) is 6.54 Å². The van der Waals surface area contributed by atoms with Gasteiger partial charge in [0.15, 0.2) is 0 Å². The molecule has 1 aromatic carbocycles. The first-order valence-corrected chi connectivity index (χ1v) is 8.64. The van der Waals surface area contributed by atoms with Crippen molar-refractivity contribution in [2.24, 2.45) is 0 Å². The summed E-state index contributed by atoms with van der Waals surface area (Å²) < 4.78 is 10.7. The van der Waals surface area contributed by atoms with Gasteiger partial charge in [-0.2, -0.15) is 0 Å². The van der Waals surface area contributed by atoms with Crippen molar-refractivity contribution < 1.29 is 9.47 Å². The number of ether oxygens (including phenoxy) is 2. The minimum atomic E-state index is 0.471. The summed E-state index contributed by atoms with van der Waals surface area (Å²) in [5.74, 6) is 3.10. The number of pyridine rings is 1. The summed E-state index contributed by atoms with van der Waals surface area (Å²) in [6, 6.07) is 9.19. The number of benzene rings is 1. The molecule has 0 atom stereocenters. The Kier molecular flexibility index (Phi) is 5.93. The first-order valence-electron chi connectivity index (χ1n) is 8.26. The highest BCUT2D eigenvalue weighted by Gasteiger charge is 2.11. The monoisotopic (exact) mass is 385 g/mol. The number of halogens is 1. The summed E-state index contributed by atoms with van der Waals surface area (Å²) >= 11 is 6.16. The van der Waals surface area contributed by atoms with E-state index in [9.17, 15) is 0 Å². The second-order valence-corrected chi connectivity index (χ2v) is 6.11. The number of anilines is 3. The predicted molar refractivity (Wildman–Crippen MR) is 106 cm³/mol. The molecule has 8 heteroatoms. The normalized spacial score (nSPS) is 10.4. The molecule has 3 aromatic rings. The van der Waals surface area contributed by atoms with Crippen LogP contribution >= 0.6 is 11.6 Å². The van der Waals surface area contributed by atoms with Crippen molar-refractivity contribution in [3.8, 4) is 11.5 Å². The second-order valence-electron chi connectivity index (χ2n) is 5.71. The van der Waals surface area contributed by atoms with Crippen LogP contribution < -0.4 is 20.1 Å². The molecule has 0 saturated heterocycles. The van der Waals surface area contributed by atoms with Crippen LogP contribution in [0.2, 0.25) is 5.02 Å². The number of methoxy groups -OCH3 is 2. The van der Waals surface area contributed by atoms with Crippen LogP contribution in [0.3, 0.4) is 0 Å². The number of nitrogens with zero attached hydrogens (tertiary/aromatic N) is 3. The van der Waals surface area contributed by atoms with Gasteiger partial charge in [0, 0.05) is 37.1 Å². The van der Waals surface area contributed by atoms with Crippen molar-refractivity contribution in [2.45, 2.75) is 13.5 Å². The zero-order valence-electron chi connectivity index (χ0n) is 15.3. The van der Waals surface area contributed by atoms with E-state index in [1.54, 1.807) is 38.7 Å². The topological polar surface area (TPSA) is 81.2 Å². The third kappa shape index (κ3) is 4.77. The van der Waals surface area contributed by atoms with Crippen molar-refractivity contribution in [3.63, 3.8) is 0 Å². The minimum Gasteiger partial charge on any atom is -0.495 e. The molecular weight excluding hydrogens is 366 g/mol. The Balaban J connectivity index is 1.82. The Morgan fingerprint density at radius 1 is 0.963 bits per heavy atom. The molecule has 0 aliphatic carbocycles. The molecule has 0 aliphatic heterocycles. The Hall–Kier alpha value is -3.06. The number of hydrogen-bond acceptors (Lipinski definition) is 7. The van der Waals surface area contributed by atoms with Crippen LogP contribution in [0.25, 0.3) is 0 Å². The fraction of sp³-hybridized carbons (Fsp3) is 0.211. The van der Waals surface area contributed by atoms with Gasteiger partial charge >= 0.3 is 0 Å². The van der Waals surface area contributed by atoms with E-state index < -0.39 is 0 Å². The molecule has 0 aliphatic rings. The zero-order valence-corrected chi connectivity index (χ0v) is 16.0. The van der Waals surface area contributed by atoms with E-state index in [1.165, 1.54) is 0 Å². The molecule has 0 unspecified atom stereocenters. The average molecular weight is 386 g/mol. The lowest BCUT2D eigenvalue weighted by molar-refractivity contribution is 0.405. The molecule has 2 heterocycles. The molecule has 0 spiro atoms. The molecule has 7 nitrogen and oxygen atoms in total. The van der Waals surface area contributed by atoms with Crippen molar-refractivity contribution in [1.82, 2.24) is 15.0 Å². The molecular formula is C19H20ClN5O2.